The predicted molar refractivity (Wildman–Crippen MR) is 119 cm³/mol. The van der Waals surface area contributed by atoms with Crippen LogP contribution in [-0.2, 0) is 21.2 Å². The summed E-state index contributed by atoms with van der Waals surface area (Å²) in [6.45, 7) is 1.63. The Morgan fingerprint density at radius 3 is 2.35 bits per heavy atom. The number of hydrogen-bond acceptors (Lipinski definition) is 5. The smallest absolute Gasteiger partial charge is 0.273 e. The number of rotatable bonds is 7. The molecule has 1 amide bonds. The van der Waals surface area contributed by atoms with Gasteiger partial charge in [-0.2, -0.15) is 0 Å². The number of nitro groups is 1. The highest BCUT2D eigenvalue weighted by Gasteiger charge is 2.19. The van der Waals surface area contributed by atoms with Crippen LogP contribution in [0, 0.1) is 17.0 Å². The largest absolute Gasteiger partial charge is 0.326 e. The number of nitro benzene ring substituents is 1. The number of amides is 1. The third-order valence-electron chi connectivity index (χ3n) is 4.40. The van der Waals surface area contributed by atoms with Gasteiger partial charge in [0.05, 0.1) is 16.2 Å². The lowest BCUT2D eigenvalue weighted by Crippen LogP contribution is -2.17. The van der Waals surface area contributed by atoms with E-state index in [1.54, 1.807) is 37.3 Å². The van der Waals surface area contributed by atoms with Gasteiger partial charge in [-0.1, -0.05) is 35.9 Å². The molecule has 0 radical (unpaired) electrons. The molecule has 0 fully saturated rings. The minimum absolute atomic E-state index is 0.00839. The first kappa shape index (κ1) is 22.3. The lowest BCUT2D eigenvalue weighted by molar-refractivity contribution is -0.385. The van der Waals surface area contributed by atoms with E-state index >= 15 is 0 Å². The van der Waals surface area contributed by atoms with Crippen LogP contribution in [0.1, 0.15) is 11.1 Å². The van der Waals surface area contributed by atoms with Crippen molar-refractivity contribution in [3.63, 3.8) is 0 Å². The van der Waals surface area contributed by atoms with E-state index in [9.17, 15) is 23.3 Å². The first-order chi connectivity index (χ1) is 14.7. The van der Waals surface area contributed by atoms with Crippen molar-refractivity contribution in [1.29, 1.82) is 0 Å². The van der Waals surface area contributed by atoms with Crippen LogP contribution in [0.2, 0.25) is 5.02 Å². The molecule has 2 N–H and O–H groups in total. The first-order valence-corrected chi connectivity index (χ1v) is 10.9. The van der Waals surface area contributed by atoms with Gasteiger partial charge in [-0.15, -0.1) is 0 Å². The van der Waals surface area contributed by atoms with Gasteiger partial charge in [0.1, 0.15) is 0 Å². The molecule has 8 nitrogen and oxygen atoms in total. The second-order valence-corrected chi connectivity index (χ2v) is 8.79. The van der Waals surface area contributed by atoms with E-state index < -0.39 is 20.9 Å². The maximum Gasteiger partial charge on any atom is 0.273 e. The Balaban J connectivity index is 1.80. The van der Waals surface area contributed by atoms with Crippen molar-refractivity contribution in [2.24, 2.45) is 0 Å². The van der Waals surface area contributed by atoms with E-state index in [1.165, 1.54) is 36.4 Å². The average Bonchev–Trinajstić information content (AvgIpc) is 2.71. The van der Waals surface area contributed by atoms with Crippen molar-refractivity contribution in [2.75, 3.05) is 10.0 Å². The normalized spacial score (nSPS) is 11.0. The third kappa shape index (κ3) is 5.59. The fraction of sp³-hybridized carbons (Fsp3) is 0.0952. The molecule has 0 heterocycles. The Labute approximate surface area is 184 Å². The molecule has 3 aromatic carbocycles. The monoisotopic (exact) mass is 459 g/mol. The predicted octanol–water partition coefficient (Wildman–Crippen LogP) is 4.54. The molecule has 0 saturated carbocycles. The molecule has 0 unspecified atom stereocenters. The Bertz CT molecular complexity index is 1240. The number of para-hydroxylation sites is 1. The van der Waals surface area contributed by atoms with Crippen LogP contribution in [-0.4, -0.2) is 19.2 Å². The number of nitrogens with zero attached hydrogens (tertiary/aromatic N) is 1. The summed E-state index contributed by atoms with van der Waals surface area (Å²) in [7, 11) is -3.93. The molecular weight excluding hydrogens is 442 g/mol. The lowest BCUT2D eigenvalue weighted by atomic mass is 10.1. The Morgan fingerprint density at radius 1 is 1.03 bits per heavy atom. The highest BCUT2D eigenvalue weighted by atomic mass is 35.5. The van der Waals surface area contributed by atoms with E-state index in [2.05, 4.69) is 10.0 Å². The summed E-state index contributed by atoms with van der Waals surface area (Å²) < 4.78 is 28.1. The zero-order chi connectivity index (χ0) is 22.6. The number of aryl methyl sites for hydroxylation is 1. The summed E-state index contributed by atoms with van der Waals surface area (Å²) in [5.41, 5.74) is 1.18. The molecule has 0 bridgehead atoms. The van der Waals surface area contributed by atoms with Gasteiger partial charge in [0.15, 0.2) is 0 Å². The van der Waals surface area contributed by atoms with Gasteiger partial charge in [0.2, 0.25) is 5.91 Å². The second kappa shape index (κ2) is 9.15. The van der Waals surface area contributed by atoms with Gasteiger partial charge < -0.3 is 5.32 Å². The van der Waals surface area contributed by atoms with Crippen LogP contribution in [0.15, 0.2) is 71.6 Å². The van der Waals surface area contributed by atoms with E-state index in [0.29, 0.717) is 16.3 Å². The quantitative estimate of drug-likeness (QED) is 0.397. The number of sulfonamides is 1. The van der Waals surface area contributed by atoms with Crippen molar-refractivity contribution in [1.82, 2.24) is 0 Å². The minimum atomic E-state index is -3.93. The first-order valence-electron chi connectivity index (χ1n) is 9.07. The zero-order valence-corrected chi connectivity index (χ0v) is 17.9. The van der Waals surface area contributed by atoms with Crippen molar-refractivity contribution in [2.45, 2.75) is 18.2 Å². The maximum absolute atomic E-state index is 12.8. The summed E-state index contributed by atoms with van der Waals surface area (Å²) >= 11 is 5.82. The van der Waals surface area contributed by atoms with Crippen LogP contribution < -0.4 is 10.0 Å². The molecule has 10 heteroatoms. The number of anilines is 2. The second-order valence-electron chi connectivity index (χ2n) is 6.70. The standard InChI is InChI=1S/C21H18ClN3O5S/c1-14-6-9-18(23-21(26)12-15-4-2-3-5-19(15)25(27)28)13-20(14)31(29,30)24-17-10-7-16(22)8-11-17/h2-11,13,24H,12H2,1H3,(H,23,26). The van der Waals surface area contributed by atoms with E-state index in [1.807, 2.05) is 0 Å². The fourth-order valence-corrected chi connectivity index (χ4v) is 4.37. The summed E-state index contributed by atoms with van der Waals surface area (Å²) in [6, 6.07) is 16.6. The van der Waals surface area contributed by atoms with Gasteiger partial charge in [0, 0.05) is 28.0 Å². The van der Waals surface area contributed by atoms with Crippen LogP contribution >= 0.6 is 11.6 Å². The molecule has 0 saturated heterocycles. The fourth-order valence-electron chi connectivity index (χ4n) is 2.91. The Morgan fingerprint density at radius 2 is 1.68 bits per heavy atom. The molecule has 0 aromatic heterocycles. The Kier molecular flexibility index (Phi) is 6.57. The summed E-state index contributed by atoms with van der Waals surface area (Å²) in [6.07, 6.45) is -0.226. The minimum Gasteiger partial charge on any atom is -0.326 e. The van der Waals surface area contributed by atoms with Gasteiger partial charge in [-0.05, 0) is 48.9 Å². The van der Waals surface area contributed by atoms with Gasteiger partial charge >= 0.3 is 0 Å². The topological polar surface area (TPSA) is 118 Å². The molecule has 0 atom stereocenters. The molecule has 3 aromatic rings. The number of hydrogen-bond donors (Lipinski definition) is 2. The SMILES string of the molecule is Cc1ccc(NC(=O)Cc2ccccc2[N+](=O)[O-])cc1S(=O)(=O)Nc1ccc(Cl)cc1. The Hall–Kier alpha value is -3.43. The highest BCUT2D eigenvalue weighted by molar-refractivity contribution is 7.92. The lowest BCUT2D eigenvalue weighted by Gasteiger charge is -2.13. The van der Waals surface area contributed by atoms with Crippen molar-refractivity contribution in [3.8, 4) is 0 Å². The van der Waals surface area contributed by atoms with E-state index in [4.69, 9.17) is 11.6 Å². The highest BCUT2D eigenvalue weighted by Crippen LogP contribution is 2.24. The number of carbonyl (C=O) groups excluding carboxylic acids is 1. The van der Waals surface area contributed by atoms with Crippen molar-refractivity contribution < 1.29 is 18.1 Å². The number of nitrogens with one attached hydrogen (secondary N) is 2. The van der Waals surface area contributed by atoms with Crippen molar-refractivity contribution >= 4 is 44.6 Å². The average molecular weight is 460 g/mol. The molecule has 0 aliphatic heterocycles. The summed E-state index contributed by atoms with van der Waals surface area (Å²) in [4.78, 5) is 23.0. The van der Waals surface area contributed by atoms with Crippen LogP contribution in [0.3, 0.4) is 0 Å². The van der Waals surface area contributed by atoms with Gasteiger partial charge in [0.25, 0.3) is 15.7 Å². The van der Waals surface area contributed by atoms with Gasteiger partial charge in [-0.25, -0.2) is 8.42 Å². The summed E-state index contributed by atoms with van der Waals surface area (Å²) in [5.74, 6) is -0.507. The molecular formula is C21H18ClN3O5S. The van der Waals surface area contributed by atoms with E-state index in [-0.39, 0.29) is 28.3 Å². The van der Waals surface area contributed by atoms with Crippen LogP contribution in [0.25, 0.3) is 0 Å². The molecule has 0 aliphatic carbocycles. The summed E-state index contributed by atoms with van der Waals surface area (Å²) in [5, 5.41) is 14.2. The van der Waals surface area contributed by atoms with Crippen LogP contribution in [0.5, 0.6) is 0 Å². The number of benzene rings is 3. The van der Waals surface area contributed by atoms with Crippen LogP contribution in [0.4, 0.5) is 17.1 Å². The number of carbonyl (C=O) groups is 1. The molecule has 31 heavy (non-hydrogen) atoms. The molecule has 160 valence electrons. The zero-order valence-electron chi connectivity index (χ0n) is 16.3. The molecule has 3 rings (SSSR count). The van der Waals surface area contributed by atoms with Gasteiger partial charge in [-0.3, -0.25) is 19.6 Å². The van der Waals surface area contributed by atoms with Crippen molar-refractivity contribution in [3.05, 3.63) is 93.0 Å². The molecule has 0 aliphatic rings. The number of halogens is 1. The van der Waals surface area contributed by atoms with E-state index in [0.717, 1.165) is 0 Å². The maximum atomic E-state index is 12.8. The third-order valence-corrected chi connectivity index (χ3v) is 6.17. The molecule has 0 spiro atoms.